The molecule has 0 amide bonds. The Kier molecular flexibility index (Phi) is 6.73. The molecule has 11 nitrogen and oxygen atoms in total. The van der Waals surface area contributed by atoms with Gasteiger partial charge in [-0.3, -0.25) is 9.69 Å². The van der Waals surface area contributed by atoms with Gasteiger partial charge in [0.25, 0.3) is 0 Å². The van der Waals surface area contributed by atoms with E-state index in [1.807, 2.05) is 12.1 Å². The maximum atomic E-state index is 12.1. The fourth-order valence-electron chi connectivity index (χ4n) is 3.62. The summed E-state index contributed by atoms with van der Waals surface area (Å²) in [4.78, 5) is 29.5. The molecular formula is C19H27N5O6. The van der Waals surface area contributed by atoms with Crippen molar-refractivity contribution in [1.29, 1.82) is 0 Å². The highest BCUT2D eigenvalue weighted by Crippen LogP contribution is 2.34. The topological polar surface area (TPSA) is 131 Å². The molecule has 3 heterocycles. The number of hydrogen-bond donors (Lipinski definition) is 1. The molecule has 164 valence electrons. The number of nitrogens with zero attached hydrogens (tertiary/aromatic N) is 4. The minimum Gasteiger partial charge on any atom is -0.468 e. The van der Waals surface area contributed by atoms with E-state index in [4.69, 9.17) is 24.7 Å². The minimum atomic E-state index is -0.862. The number of nitrogens with two attached hydrogens (primary N) is 1. The first-order valence-corrected chi connectivity index (χ1v) is 9.63. The number of carbonyl (C=O) groups is 2. The van der Waals surface area contributed by atoms with Gasteiger partial charge in [-0.2, -0.15) is 5.10 Å². The number of carbonyl (C=O) groups excluding carboxylic acids is 2. The molecule has 3 rings (SSSR count). The summed E-state index contributed by atoms with van der Waals surface area (Å²) >= 11 is 0. The molecule has 2 aromatic heterocycles. The first-order chi connectivity index (χ1) is 14.3. The van der Waals surface area contributed by atoms with Crippen LogP contribution in [0.2, 0.25) is 0 Å². The highest BCUT2D eigenvalue weighted by atomic mass is 16.7. The van der Waals surface area contributed by atoms with Crippen molar-refractivity contribution in [3.05, 3.63) is 24.2 Å². The van der Waals surface area contributed by atoms with Crippen molar-refractivity contribution in [2.45, 2.75) is 44.1 Å². The lowest BCUT2D eigenvalue weighted by molar-refractivity contribution is -0.150. The van der Waals surface area contributed by atoms with E-state index in [1.54, 1.807) is 30.4 Å². The SMILES string of the molecule is COC(=O)C(C(C)OC(=O)OCC1CCC(c2ccc3c(N)ncnn23)O1)N(C)C. The number of likely N-dealkylation sites (N-methyl/N-ethyl adjacent to an activating group) is 1. The summed E-state index contributed by atoms with van der Waals surface area (Å²) in [6.45, 7) is 1.66. The normalized spacial score (nSPS) is 20.8. The first kappa shape index (κ1) is 21.8. The van der Waals surface area contributed by atoms with Crippen molar-refractivity contribution in [2.75, 3.05) is 33.5 Å². The van der Waals surface area contributed by atoms with Crippen molar-refractivity contribution in [3.63, 3.8) is 0 Å². The number of methoxy groups -OCH3 is 1. The molecule has 1 fully saturated rings. The molecule has 30 heavy (non-hydrogen) atoms. The maximum absolute atomic E-state index is 12.1. The Labute approximate surface area is 174 Å². The molecule has 0 saturated carbocycles. The monoisotopic (exact) mass is 421 g/mol. The Morgan fingerprint density at radius 1 is 1.37 bits per heavy atom. The number of aromatic nitrogens is 3. The smallest absolute Gasteiger partial charge is 0.468 e. The van der Waals surface area contributed by atoms with E-state index in [0.29, 0.717) is 12.2 Å². The predicted molar refractivity (Wildman–Crippen MR) is 106 cm³/mol. The summed E-state index contributed by atoms with van der Waals surface area (Å²) in [5.74, 6) is -0.0971. The fraction of sp³-hybridized carbons (Fsp3) is 0.579. The third-order valence-corrected chi connectivity index (χ3v) is 5.06. The van der Waals surface area contributed by atoms with E-state index >= 15 is 0 Å². The number of hydrogen-bond acceptors (Lipinski definition) is 10. The highest BCUT2D eigenvalue weighted by Gasteiger charge is 2.33. The second-order valence-electron chi connectivity index (χ2n) is 7.34. The van der Waals surface area contributed by atoms with E-state index in [-0.39, 0.29) is 18.8 Å². The third kappa shape index (κ3) is 4.62. The largest absolute Gasteiger partial charge is 0.508 e. The van der Waals surface area contributed by atoms with E-state index < -0.39 is 24.3 Å². The summed E-state index contributed by atoms with van der Waals surface area (Å²) in [6.07, 6.45) is 0.794. The molecule has 1 saturated heterocycles. The van der Waals surface area contributed by atoms with Crippen LogP contribution in [0.1, 0.15) is 31.6 Å². The van der Waals surface area contributed by atoms with Gasteiger partial charge in [0.15, 0.2) is 5.82 Å². The van der Waals surface area contributed by atoms with Crippen LogP contribution in [0.3, 0.4) is 0 Å². The van der Waals surface area contributed by atoms with E-state index in [0.717, 1.165) is 17.6 Å². The first-order valence-electron chi connectivity index (χ1n) is 9.63. The summed E-state index contributed by atoms with van der Waals surface area (Å²) in [5, 5.41) is 4.23. The lowest BCUT2D eigenvalue weighted by Crippen LogP contribution is -2.46. The molecule has 1 aliphatic rings. The zero-order valence-corrected chi connectivity index (χ0v) is 17.5. The van der Waals surface area contributed by atoms with Crippen LogP contribution < -0.4 is 5.73 Å². The van der Waals surface area contributed by atoms with Gasteiger partial charge < -0.3 is 24.7 Å². The van der Waals surface area contributed by atoms with E-state index in [1.165, 1.54) is 13.4 Å². The van der Waals surface area contributed by atoms with Crippen LogP contribution in [0, 0.1) is 0 Å². The number of nitrogen functional groups attached to an aromatic ring is 1. The summed E-state index contributed by atoms with van der Waals surface area (Å²) in [7, 11) is 4.68. The van der Waals surface area contributed by atoms with Crippen LogP contribution in [0.15, 0.2) is 18.5 Å². The fourth-order valence-corrected chi connectivity index (χ4v) is 3.62. The van der Waals surface area contributed by atoms with Gasteiger partial charge in [0, 0.05) is 0 Å². The molecule has 0 radical (unpaired) electrons. The Bertz CT molecular complexity index is 901. The lowest BCUT2D eigenvalue weighted by Gasteiger charge is -2.27. The second-order valence-corrected chi connectivity index (χ2v) is 7.34. The standard InChI is InChI=1S/C19H27N5O6/c1-11(16(23(2)3)18(25)27-4)29-19(26)28-9-12-5-8-15(30-12)13-6-7-14-17(20)21-10-22-24(13)14/h6-7,10-12,15-16H,5,8-9H2,1-4H3,(H2,20,21,22). The second kappa shape index (κ2) is 9.26. The minimum absolute atomic E-state index is 0.0489. The van der Waals surface area contributed by atoms with Gasteiger partial charge in [-0.05, 0) is 46.0 Å². The van der Waals surface area contributed by atoms with Crippen molar-refractivity contribution >= 4 is 23.5 Å². The van der Waals surface area contributed by atoms with Gasteiger partial charge in [-0.15, -0.1) is 0 Å². The van der Waals surface area contributed by atoms with Crippen molar-refractivity contribution < 1.29 is 28.5 Å². The average molecular weight is 421 g/mol. The Hall–Kier alpha value is -2.92. The zero-order valence-electron chi connectivity index (χ0n) is 17.5. The molecule has 0 bridgehead atoms. The number of esters is 1. The van der Waals surface area contributed by atoms with Gasteiger partial charge in [-0.1, -0.05) is 0 Å². The molecular weight excluding hydrogens is 394 g/mol. The number of fused-ring (bicyclic) bond motifs is 1. The van der Waals surface area contributed by atoms with Gasteiger partial charge >= 0.3 is 12.1 Å². The molecule has 2 aromatic rings. The quantitative estimate of drug-likeness (QED) is 0.650. The zero-order chi connectivity index (χ0) is 21.8. The number of ether oxygens (including phenoxy) is 4. The van der Waals surface area contributed by atoms with Crippen LogP contribution >= 0.6 is 0 Å². The number of anilines is 1. The Morgan fingerprint density at radius 2 is 2.13 bits per heavy atom. The van der Waals surface area contributed by atoms with Gasteiger partial charge in [-0.25, -0.2) is 14.3 Å². The van der Waals surface area contributed by atoms with Crippen LogP contribution in [0.4, 0.5) is 10.6 Å². The van der Waals surface area contributed by atoms with Crippen molar-refractivity contribution in [3.8, 4) is 0 Å². The van der Waals surface area contributed by atoms with Gasteiger partial charge in [0.1, 0.15) is 36.7 Å². The van der Waals surface area contributed by atoms with E-state index in [9.17, 15) is 9.59 Å². The highest BCUT2D eigenvalue weighted by molar-refractivity contribution is 5.76. The van der Waals surface area contributed by atoms with Crippen LogP contribution in [-0.2, 0) is 23.7 Å². The molecule has 1 aliphatic heterocycles. The predicted octanol–water partition coefficient (Wildman–Crippen LogP) is 1.18. The summed E-state index contributed by atoms with van der Waals surface area (Å²) in [5.41, 5.74) is 7.45. The maximum Gasteiger partial charge on any atom is 0.508 e. The lowest BCUT2D eigenvalue weighted by atomic mass is 10.1. The Balaban J connectivity index is 1.51. The molecule has 4 unspecified atom stereocenters. The molecule has 0 aliphatic carbocycles. The Morgan fingerprint density at radius 3 is 2.83 bits per heavy atom. The van der Waals surface area contributed by atoms with Crippen LogP contribution in [0.25, 0.3) is 5.52 Å². The molecule has 0 spiro atoms. The molecule has 4 atom stereocenters. The van der Waals surface area contributed by atoms with Crippen molar-refractivity contribution in [2.24, 2.45) is 0 Å². The summed E-state index contributed by atoms with van der Waals surface area (Å²) in [6, 6.07) is 3.02. The van der Waals surface area contributed by atoms with Crippen LogP contribution in [0.5, 0.6) is 0 Å². The number of rotatable bonds is 7. The average Bonchev–Trinajstić information content (AvgIpc) is 3.33. The molecule has 0 aromatic carbocycles. The van der Waals surface area contributed by atoms with Gasteiger partial charge in [0.05, 0.1) is 18.9 Å². The molecule has 2 N–H and O–H groups in total. The summed E-state index contributed by atoms with van der Waals surface area (Å²) < 4.78 is 22.9. The van der Waals surface area contributed by atoms with E-state index in [2.05, 4.69) is 10.1 Å². The molecule has 11 heteroatoms. The van der Waals surface area contributed by atoms with Gasteiger partial charge in [0.2, 0.25) is 0 Å². The third-order valence-electron chi connectivity index (χ3n) is 5.06. The van der Waals surface area contributed by atoms with Crippen LogP contribution in [-0.4, -0.2) is 77.7 Å². The van der Waals surface area contributed by atoms with Crippen molar-refractivity contribution in [1.82, 2.24) is 19.5 Å².